The maximum absolute atomic E-state index is 4.40. The Morgan fingerprint density at radius 2 is 1.50 bits per heavy atom. The van der Waals surface area contributed by atoms with Crippen molar-refractivity contribution in [3.63, 3.8) is 0 Å². The highest BCUT2D eigenvalue weighted by Gasteiger charge is 2.21. The first-order valence-corrected chi connectivity index (χ1v) is 8.49. The Hall–Kier alpha value is -2.48. The van der Waals surface area contributed by atoms with Crippen molar-refractivity contribution in [2.45, 2.75) is 33.2 Å². The molecule has 0 radical (unpaired) electrons. The van der Waals surface area contributed by atoms with Gasteiger partial charge in [-0.05, 0) is 55.5 Å². The fourth-order valence-electron chi connectivity index (χ4n) is 4.07. The van der Waals surface area contributed by atoms with Crippen LogP contribution in [0.2, 0.25) is 0 Å². The second-order valence-corrected chi connectivity index (χ2v) is 7.70. The first kappa shape index (κ1) is 15.1. The molecule has 0 atom stereocenters. The molecule has 0 saturated heterocycles. The molecule has 0 bridgehead atoms. The molecule has 0 unspecified atom stereocenters. The van der Waals surface area contributed by atoms with Crippen LogP contribution >= 0.6 is 0 Å². The average Bonchev–Trinajstić information content (AvgIpc) is 2.55. The van der Waals surface area contributed by atoms with Crippen molar-refractivity contribution < 1.29 is 0 Å². The molecule has 4 rings (SSSR count). The molecule has 1 aromatic heterocycles. The quantitative estimate of drug-likeness (QED) is 0.318. The van der Waals surface area contributed by atoms with Crippen molar-refractivity contribution in [1.29, 1.82) is 0 Å². The highest BCUT2D eigenvalue weighted by Crippen LogP contribution is 2.37. The zero-order valence-electron chi connectivity index (χ0n) is 15.1. The lowest BCUT2D eigenvalue weighted by Gasteiger charge is -2.30. The molecule has 4 aromatic rings. The van der Waals surface area contributed by atoms with Gasteiger partial charge >= 0.3 is 0 Å². The van der Waals surface area contributed by atoms with Gasteiger partial charge in [0.2, 0.25) is 0 Å². The van der Waals surface area contributed by atoms with E-state index in [-0.39, 0.29) is 5.54 Å². The maximum atomic E-state index is 4.40. The molecule has 0 saturated carbocycles. The van der Waals surface area contributed by atoms with Gasteiger partial charge in [-0.3, -0.25) is 0 Å². The van der Waals surface area contributed by atoms with E-state index in [1.165, 1.54) is 38.1 Å². The molecule has 24 heavy (non-hydrogen) atoms. The predicted molar refractivity (Wildman–Crippen MR) is 105 cm³/mol. The van der Waals surface area contributed by atoms with Gasteiger partial charge in [-0.25, -0.2) is 0 Å². The maximum Gasteiger partial charge on any atom is 0.106 e. The van der Waals surface area contributed by atoms with Crippen LogP contribution in [0, 0.1) is 6.92 Å². The molecule has 0 aliphatic carbocycles. The molecule has 1 heterocycles. The average molecular weight is 316 g/mol. The zero-order valence-corrected chi connectivity index (χ0v) is 15.1. The van der Waals surface area contributed by atoms with Crippen LogP contribution in [0.4, 0.5) is 0 Å². The number of hydrogen-bond donors (Lipinski definition) is 0. The molecular weight excluding hydrogens is 292 g/mol. The van der Waals surface area contributed by atoms with Gasteiger partial charge in [0, 0.05) is 18.0 Å². The van der Waals surface area contributed by atoms with Crippen molar-refractivity contribution in [2.24, 2.45) is 7.05 Å². The van der Waals surface area contributed by atoms with E-state index in [1.807, 2.05) is 0 Å². The van der Waals surface area contributed by atoms with E-state index in [4.69, 9.17) is 0 Å². The monoisotopic (exact) mass is 316 g/mol. The van der Waals surface area contributed by atoms with Crippen molar-refractivity contribution >= 4 is 39.2 Å². The van der Waals surface area contributed by atoms with E-state index in [2.05, 4.69) is 92.9 Å². The number of hydrogen-bond acceptors (Lipinski definition) is 0. The Labute approximate surface area is 142 Å². The second kappa shape index (κ2) is 4.76. The first-order valence-electron chi connectivity index (χ1n) is 8.49. The standard InChI is InChI=1S/C22H24N2/c1-14-16-10-7-8-11-17(16)18-12-9-13-19-20(18)21(14)24(22(3,4)5)15(2)23(19)6/h7-13H,2H2,1,3-6H3. The molecule has 2 heteroatoms. The van der Waals surface area contributed by atoms with Crippen LogP contribution in [0.3, 0.4) is 0 Å². The van der Waals surface area contributed by atoms with Crippen LogP contribution in [0.25, 0.3) is 39.2 Å². The van der Waals surface area contributed by atoms with Crippen molar-refractivity contribution in [3.8, 4) is 0 Å². The number of nitrogens with zero attached hydrogens (tertiary/aromatic N) is 2. The van der Waals surface area contributed by atoms with Crippen LogP contribution in [0.15, 0.2) is 42.5 Å². The summed E-state index contributed by atoms with van der Waals surface area (Å²) in [6.45, 7) is 13.4. The fraction of sp³-hybridized carbons (Fsp3) is 0.273. The Bertz CT molecular complexity index is 1160. The van der Waals surface area contributed by atoms with Crippen molar-refractivity contribution in [3.05, 3.63) is 53.5 Å². The van der Waals surface area contributed by atoms with Gasteiger partial charge in [0.1, 0.15) is 5.48 Å². The van der Waals surface area contributed by atoms with Gasteiger partial charge < -0.3 is 9.13 Å². The largest absolute Gasteiger partial charge is 0.331 e. The summed E-state index contributed by atoms with van der Waals surface area (Å²) in [5.74, 6) is 0. The van der Waals surface area contributed by atoms with Crippen LogP contribution in [0.1, 0.15) is 26.3 Å². The van der Waals surface area contributed by atoms with Crippen molar-refractivity contribution in [2.75, 3.05) is 0 Å². The molecular formula is C22H24N2. The van der Waals surface area contributed by atoms with Crippen LogP contribution in [0.5, 0.6) is 0 Å². The molecule has 0 N–H and O–H groups in total. The van der Waals surface area contributed by atoms with E-state index in [0.29, 0.717) is 0 Å². The van der Waals surface area contributed by atoms with Gasteiger partial charge in [-0.15, -0.1) is 0 Å². The highest BCUT2D eigenvalue weighted by molar-refractivity contribution is 6.21. The highest BCUT2D eigenvalue weighted by atomic mass is 15.1. The Balaban J connectivity index is 2.49. The summed E-state index contributed by atoms with van der Waals surface area (Å²) in [5.41, 5.74) is 4.85. The molecule has 3 aromatic carbocycles. The first-order chi connectivity index (χ1) is 11.3. The minimum atomic E-state index is -0.0426. The lowest BCUT2D eigenvalue weighted by Crippen LogP contribution is -2.39. The van der Waals surface area contributed by atoms with E-state index < -0.39 is 0 Å². The smallest absolute Gasteiger partial charge is 0.106 e. The van der Waals surface area contributed by atoms with E-state index in [0.717, 1.165) is 5.48 Å². The predicted octanol–water partition coefficient (Wildman–Crippen LogP) is 5.04. The third-order valence-electron chi connectivity index (χ3n) is 5.16. The topological polar surface area (TPSA) is 9.86 Å². The number of aromatic nitrogens is 2. The second-order valence-electron chi connectivity index (χ2n) is 7.70. The number of rotatable bonds is 0. The van der Waals surface area contributed by atoms with Crippen LogP contribution in [-0.2, 0) is 12.6 Å². The Morgan fingerprint density at radius 3 is 2.17 bits per heavy atom. The van der Waals surface area contributed by atoms with Crippen molar-refractivity contribution in [1.82, 2.24) is 9.13 Å². The van der Waals surface area contributed by atoms with Gasteiger partial charge in [0.05, 0.1) is 11.0 Å². The summed E-state index contributed by atoms with van der Waals surface area (Å²) >= 11 is 0. The molecule has 0 aliphatic rings. The molecule has 2 nitrogen and oxygen atoms in total. The molecule has 122 valence electrons. The summed E-state index contributed by atoms with van der Waals surface area (Å²) in [6, 6.07) is 15.3. The van der Waals surface area contributed by atoms with Crippen LogP contribution < -0.4 is 5.48 Å². The van der Waals surface area contributed by atoms with Gasteiger partial charge in [0.15, 0.2) is 0 Å². The van der Waals surface area contributed by atoms with Gasteiger partial charge in [-0.2, -0.15) is 0 Å². The normalized spacial score (nSPS) is 12.5. The summed E-state index contributed by atoms with van der Waals surface area (Å²) in [6.07, 6.45) is 0. The van der Waals surface area contributed by atoms with Gasteiger partial charge in [0.25, 0.3) is 0 Å². The molecule has 0 aliphatic heterocycles. The Morgan fingerprint density at radius 1 is 0.875 bits per heavy atom. The number of benzene rings is 3. The number of fused-ring (bicyclic) bond motifs is 2. The lowest BCUT2D eigenvalue weighted by atomic mass is 9.94. The third kappa shape index (κ3) is 1.83. The lowest BCUT2D eigenvalue weighted by molar-refractivity contribution is 0.387. The molecule has 0 amide bonds. The van der Waals surface area contributed by atoms with E-state index >= 15 is 0 Å². The summed E-state index contributed by atoms with van der Waals surface area (Å²) in [7, 11) is 2.11. The third-order valence-corrected chi connectivity index (χ3v) is 5.16. The zero-order chi connectivity index (χ0) is 17.2. The summed E-state index contributed by atoms with van der Waals surface area (Å²) < 4.78 is 4.61. The van der Waals surface area contributed by atoms with Crippen LogP contribution in [-0.4, -0.2) is 9.13 Å². The summed E-state index contributed by atoms with van der Waals surface area (Å²) in [5, 5.41) is 5.30. The molecule has 0 fully saturated rings. The molecule has 0 spiro atoms. The minimum absolute atomic E-state index is 0.0426. The van der Waals surface area contributed by atoms with E-state index in [9.17, 15) is 0 Å². The summed E-state index contributed by atoms with van der Waals surface area (Å²) in [4.78, 5) is 0. The Kier molecular flexibility index (Phi) is 2.99. The SMILES string of the molecule is C=c1n(C)c2cccc3c4ccccc4c(C)c(c32)n1C(C)(C)C. The van der Waals surface area contributed by atoms with E-state index in [1.54, 1.807) is 0 Å². The minimum Gasteiger partial charge on any atom is -0.331 e. The van der Waals surface area contributed by atoms with Gasteiger partial charge in [-0.1, -0.05) is 43.0 Å². The fourth-order valence-corrected chi connectivity index (χ4v) is 4.07. The number of aryl methyl sites for hydroxylation is 2.